The van der Waals surface area contributed by atoms with Crippen molar-refractivity contribution in [3.63, 3.8) is 0 Å². The molecule has 0 amide bonds. The third-order valence-corrected chi connectivity index (χ3v) is 3.82. The molecule has 0 saturated carbocycles. The normalized spacial score (nSPS) is 12.7. The number of nitrogens with one attached hydrogen (secondary N) is 1. The zero-order valence-corrected chi connectivity index (χ0v) is 13.1. The van der Waals surface area contributed by atoms with E-state index in [4.69, 9.17) is 0 Å². The highest BCUT2D eigenvalue weighted by molar-refractivity contribution is 5.40. The second-order valence-corrected chi connectivity index (χ2v) is 5.21. The maximum atomic E-state index is 4.61. The van der Waals surface area contributed by atoms with Crippen LogP contribution >= 0.6 is 0 Å². The van der Waals surface area contributed by atoms with Gasteiger partial charge in [0.05, 0.1) is 0 Å². The molecule has 1 atom stereocenters. The van der Waals surface area contributed by atoms with Crippen LogP contribution in [0, 0.1) is 0 Å². The maximum absolute atomic E-state index is 4.61. The Morgan fingerprint density at radius 3 is 2.37 bits per heavy atom. The molecular formula is C16H29N3. The van der Waals surface area contributed by atoms with E-state index in [1.54, 1.807) is 0 Å². The minimum atomic E-state index is 0.375. The van der Waals surface area contributed by atoms with Crippen molar-refractivity contribution in [2.75, 3.05) is 18.5 Å². The van der Waals surface area contributed by atoms with Crippen LogP contribution in [0.4, 0.5) is 5.82 Å². The van der Waals surface area contributed by atoms with Crippen molar-refractivity contribution in [2.24, 2.45) is 0 Å². The number of hydrogen-bond donors (Lipinski definition) is 1. The zero-order chi connectivity index (χ0) is 14.3. The molecule has 1 aromatic heterocycles. The van der Waals surface area contributed by atoms with Gasteiger partial charge >= 0.3 is 0 Å². The van der Waals surface area contributed by atoms with Gasteiger partial charge in [0, 0.05) is 25.3 Å². The molecule has 108 valence electrons. The van der Waals surface area contributed by atoms with Gasteiger partial charge in [0.15, 0.2) is 0 Å². The number of rotatable bonds is 8. The van der Waals surface area contributed by atoms with Gasteiger partial charge in [-0.15, -0.1) is 0 Å². The van der Waals surface area contributed by atoms with Crippen molar-refractivity contribution in [1.29, 1.82) is 0 Å². The van der Waals surface area contributed by atoms with Crippen LogP contribution in [-0.2, 0) is 0 Å². The summed E-state index contributed by atoms with van der Waals surface area (Å²) in [4.78, 5) is 6.90. The molecule has 0 bridgehead atoms. The number of anilines is 1. The maximum Gasteiger partial charge on any atom is 0.128 e. The number of aromatic nitrogens is 1. The largest absolute Gasteiger partial charge is 0.357 e. The molecule has 1 rings (SSSR count). The first-order chi connectivity index (χ1) is 9.13. The first-order valence-corrected chi connectivity index (χ1v) is 7.56. The van der Waals surface area contributed by atoms with E-state index in [0.717, 1.165) is 31.6 Å². The van der Waals surface area contributed by atoms with E-state index in [-0.39, 0.29) is 0 Å². The highest BCUT2D eigenvalue weighted by atomic mass is 15.2. The quantitative estimate of drug-likeness (QED) is 0.774. The van der Waals surface area contributed by atoms with Crippen molar-refractivity contribution in [3.8, 4) is 0 Å². The second kappa shape index (κ2) is 8.16. The van der Waals surface area contributed by atoms with E-state index in [1.807, 2.05) is 6.20 Å². The van der Waals surface area contributed by atoms with Crippen LogP contribution in [0.5, 0.6) is 0 Å². The fourth-order valence-corrected chi connectivity index (χ4v) is 2.36. The fraction of sp³-hybridized carbons (Fsp3) is 0.688. The van der Waals surface area contributed by atoms with Crippen molar-refractivity contribution in [3.05, 3.63) is 23.9 Å². The lowest BCUT2D eigenvalue weighted by Crippen LogP contribution is -2.31. The van der Waals surface area contributed by atoms with Crippen LogP contribution in [0.3, 0.4) is 0 Å². The third-order valence-electron chi connectivity index (χ3n) is 3.82. The molecule has 0 saturated heterocycles. The second-order valence-electron chi connectivity index (χ2n) is 5.21. The van der Waals surface area contributed by atoms with Crippen LogP contribution in [-0.4, -0.2) is 24.6 Å². The summed E-state index contributed by atoms with van der Waals surface area (Å²) in [6.45, 7) is 9.89. The van der Waals surface area contributed by atoms with Gasteiger partial charge in [0.1, 0.15) is 5.82 Å². The van der Waals surface area contributed by atoms with Crippen LogP contribution < -0.4 is 10.2 Å². The van der Waals surface area contributed by atoms with Crippen LogP contribution in [0.25, 0.3) is 0 Å². The molecule has 0 aliphatic heterocycles. The van der Waals surface area contributed by atoms with E-state index in [0.29, 0.717) is 12.1 Å². The van der Waals surface area contributed by atoms with E-state index < -0.39 is 0 Å². The number of hydrogen-bond acceptors (Lipinski definition) is 3. The summed E-state index contributed by atoms with van der Waals surface area (Å²) < 4.78 is 0. The molecule has 0 aliphatic rings. The highest BCUT2D eigenvalue weighted by Gasteiger charge is 2.12. The molecular weight excluding hydrogens is 234 g/mol. The lowest BCUT2D eigenvalue weighted by molar-refractivity contribution is 0.567. The van der Waals surface area contributed by atoms with Gasteiger partial charge < -0.3 is 10.2 Å². The SMILES string of the molecule is CCCNC(C)c1ccc(N(C)C(CC)CC)nc1. The Morgan fingerprint density at radius 2 is 1.89 bits per heavy atom. The lowest BCUT2D eigenvalue weighted by Gasteiger charge is -2.27. The monoisotopic (exact) mass is 263 g/mol. The van der Waals surface area contributed by atoms with Gasteiger partial charge in [0.2, 0.25) is 0 Å². The Morgan fingerprint density at radius 1 is 1.21 bits per heavy atom. The van der Waals surface area contributed by atoms with Gasteiger partial charge in [-0.1, -0.05) is 26.8 Å². The summed E-state index contributed by atoms with van der Waals surface area (Å²) in [5.74, 6) is 1.07. The van der Waals surface area contributed by atoms with Gasteiger partial charge in [0.25, 0.3) is 0 Å². The molecule has 0 fully saturated rings. The number of pyridine rings is 1. The summed E-state index contributed by atoms with van der Waals surface area (Å²) in [5.41, 5.74) is 1.26. The smallest absolute Gasteiger partial charge is 0.128 e. The molecule has 1 N–H and O–H groups in total. The first-order valence-electron chi connectivity index (χ1n) is 7.56. The van der Waals surface area contributed by atoms with Crippen LogP contribution in [0.2, 0.25) is 0 Å². The minimum absolute atomic E-state index is 0.375. The molecule has 0 spiro atoms. The van der Waals surface area contributed by atoms with Gasteiger partial charge in [-0.05, 0) is 44.4 Å². The summed E-state index contributed by atoms with van der Waals surface area (Å²) in [7, 11) is 2.14. The molecule has 0 aromatic carbocycles. The molecule has 1 heterocycles. The van der Waals surface area contributed by atoms with Crippen LogP contribution in [0.1, 0.15) is 58.6 Å². The standard InChI is InChI=1S/C16H29N3/c1-6-11-17-13(4)14-9-10-16(18-12-14)19(5)15(7-2)8-3/h9-10,12-13,15,17H,6-8,11H2,1-5H3. The Hall–Kier alpha value is -1.09. The fourth-order valence-electron chi connectivity index (χ4n) is 2.36. The topological polar surface area (TPSA) is 28.2 Å². The molecule has 1 unspecified atom stereocenters. The molecule has 3 nitrogen and oxygen atoms in total. The molecule has 0 aliphatic carbocycles. The summed E-state index contributed by atoms with van der Waals surface area (Å²) >= 11 is 0. The van der Waals surface area contributed by atoms with E-state index >= 15 is 0 Å². The van der Waals surface area contributed by atoms with Crippen molar-refractivity contribution in [1.82, 2.24) is 10.3 Å². The summed E-state index contributed by atoms with van der Waals surface area (Å²) in [6, 6.07) is 5.28. The van der Waals surface area contributed by atoms with Crippen molar-refractivity contribution < 1.29 is 0 Å². The number of nitrogens with zero attached hydrogens (tertiary/aromatic N) is 2. The van der Waals surface area contributed by atoms with E-state index in [2.05, 4.69) is 62.1 Å². The lowest BCUT2D eigenvalue weighted by atomic mass is 10.1. The zero-order valence-electron chi connectivity index (χ0n) is 13.1. The predicted molar refractivity (Wildman–Crippen MR) is 83.7 cm³/mol. The van der Waals surface area contributed by atoms with Gasteiger partial charge in [-0.2, -0.15) is 0 Å². The first kappa shape index (κ1) is 16.0. The average molecular weight is 263 g/mol. The van der Waals surface area contributed by atoms with Crippen LogP contribution in [0.15, 0.2) is 18.3 Å². The Balaban J connectivity index is 2.70. The average Bonchev–Trinajstić information content (AvgIpc) is 2.46. The highest BCUT2D eigenvalue weighted by Crippen LogP contribution is 2.18. The van der Waals surface area contributed by atoms with E-state index in [9.17, 15) is 0 Å². The van der Waals surface area contributed by atoms with Gasteiger partial charge in [-0.25, -0.2) is 4.98 Å². The minimum Gasteiger partial charge on any atom is -0.357 e. The van der Waals surface area contributed by atoms with E-state index in [1.165, 1.54) is 5.56 Å². The summed E-state index contributed by atoms with van der Waals surface area (Å²) in [6.07, 6.45) is 5.48. The molecule has 1 aromatic rings. The van der Waals surface area contributed by atoms with Crippen molar-refractivity contribution >= 4 is 5.82 Å². The van der Waals surface area contributed by atoms with Crippen molar-refractivity contribution in [2.45, 2.75) is 59.0 Å². The Kier molecular flexibility index (Phi) is 6.85. The molecule has 19 heavy (non-hydrogen) atoms. The molecule has 0 radical (unpaired) electrons. The summed E-state index contributed by atoms with van der Waals surface area (Å²) in [5, 5.41) is 3.49. The predicted octanol–water partition coefficient (Wildman–Crippen LogP) is 3.77. The Labute approximate surface area is 118 Å². The third kappa shape index (κ3) is 4.50. The molecule has 3 heteroatoms. The van der Waals surface area contributed by atoms with Gasteiger partial charge in [-0.3, -0.25) is 0 Å². The Bertz CT molecular complexity index is 344.